The molecule has 17 heavy (non-hydrogen) atoms. The molecule has 0 aliphatic carbocycles. The first-order chi connectivity index (χ1) is 7.97. The van der Waals surface area contributed by atoms with Gasteiger partial charge in [0.15, 0.2) is 0 Å². The van der Waals surface area contributed by atoms with Crippen LogP contribution in [0.1, 0.15) is 41.0 Å². The topological polar surface area (TPSA) is 15.6 Å². The molecule has 0 atom stereocenters. The van der Waals surface area contributed by atoms with Crippen LogP contribution in [0.3, 0.4) is 0 Å². The van der Waals surface area contributed by atoms with Gasteiger partial charge in [0, 0.05) is 36.8 Å². The molecule has 0 aliphatic heterocycles. The Morgan fingerprint density at radius 1 is 1.29 bits per heavy atom. The van der Waals surface area contributed by atoms with Crippen LogP contribution < -0.4 is 0 Å². The van der Waals surface area contributed by atoms with Crippen LogP contribution in [0.2, 0.25) is 0 Å². The molecular formula is C15H26N2. The molecule has 0 aromatic rings. The van der Waals surface area contributed by atoms with Crippen LogP contribution in [0.4, 0.5) is 0 Å². The number of hydrogen-bond donors (Lipinski definition) is 0. The third-order valence-electron chi connectivity index (χ3n) is 2.77. The first-order valence-corrected chi connectivity index (χ1v) is 6.24. The lowest BCUT2D eigenvalue weighted by Gasteiger charge is -2.23. The van der Waals surface area contributed by atoms with Crippen molar-refractivity contribution in [2.24, 2.45) is 4.99 Å². The predicted molar refractivity (Wildman–Crippen MR) is 78.4 cm³/mol. The van der Waals surface area contributed by atoms with Gasteiger partial charge in [-0.2, -0.15) is 0 Å². The van der Waals surface area contributed by atoms with Gasteiger partial charge < -0.3 is 4.90 Å². The summed E-state index contributed by atoms with van der Waals surface area (Å²) in [6.07, 6.45) is 5.07. The van der Waals surface area contributed by atoms with Crippen molar-refractivity contribution >= 4 is 5.71 Å². The second-order valence-corrected chi connectivity index (χ2v) is 4.25. The van der Waals surface area contributed by atoms with E-state index in [4.69, 9.17) is 0 Å². The van der Waals surface area contributed by atoms with Crippen LogP contribution in [-0.4, -0.2) is 24.2 Å². The minimum Gasteiger partial charge on any atom is -0.375 e. The number of likely N-dealkylation sites (N-methyl/N-ethyl adjacent to an activating group) is 1. The molecule has 0 aliphatic rings. The fourth-order valence-corrected chi connectivity index (χ4v) is 1.48. The van der Waals surface area contributed by atoms with E-state index in [2.05, 4.69) is 50.4 Å². The number of aliphatic imine (C=N–C) groups is 1. The molecule has 0 unspecified atom stereocenters. The van der Waals surface area contributed by atoms with Crippen molar-refractivity contribution in [2.45, 2.75) is 41.0 Å². The van der Waals surface area contributed by atoms with Crippen molar-refractivity contribution in [3.63, 3.8) is 0 Å². The van der Waals surface area contributed by atoms with Gasteiger partial charge in [-0.1, -0.05) is 19.6 Å². The largest absolute Gasteiger partial charge is 0.375 e. The standard InChI is InChI=1S/C15H26N2/c1-8-14(9-2)15(11-16-12(4)5)13(6)17(7)10-3/h8,11H,6,9-10H2,1-5,7H3/b14-8+,15-11+. The molecule has 96 valence electrons. The molecule has 0 radical (unpaired) electrons. The lowest BCUT2D eigenvalue weighted by molar-refractivity contribution is 0.452. The van der Waals surface area contributed by atoms with E-state index in [1.807, 2.05) is 20.0 Å². The van der Waals surface area contributed by atoms with Crippen LogP contribution in [0, 0.1) is 0 Å². The zero-order valence-electron chi connectivity index (χ0n) is 12.2. The summed E-state index contributed by atoms with van der Waals surface area (Å²) in [5, 5.41) is 0. The van der Waals surface area contributed by atoms with Gasteiger partial charge >= 0.3 is 0 Å². The highest BCUT2D eigenvalue weighted by Gasteiger charge is 2.09. The molecule has 0 N–H and O–H groups in total. The van der Waals surface area contributed by atoms with Gasteiger partial charge in [-0.25, -0.2) is 0 Å². The van der Waals surface area contributed by atoms with E-state index in [9.17, 15) is 0 Å². The van der Waals surface area contributed by atoms with E-state index in [1.54, 1.807) is 0 Å². The Hall–Kier alpha value is -1.31. The molecule has 0 aromatic carbocycles. The molecule has 2 nitrogen and oxygen atoms in total. The molecule has 0 rings (SSSR count). The average molecular weight is 234 g/mol. The van der Waals surface area contributed by atoms with E-state index in [-0.39, 0.29) is 0 Å². The molecule has 0 fully saturated rings. The van der Waals surface area contributed by atoms with E-state index >= 15 is 0 Å². The number of hydrogen-bond acceptors (Lipinski definition) is 2. The van der Waals surface area contributed by atoms with Crippen molar-refractivity contribution in [3.05, 3.63) is 35.7 Å². The summed E-state index contributed by atoms with van der Waals surface area (Å²) < 4.78 is 0. The smallest absolute Gasteiger partial charge is 0.0382 e. The van der Waals surface area contributed by atoms with E-state index in [0.717, 1.165) is 29.9 Å². The quantitative estimate of drug-likeness (QED) is 0.497. The molecule has 2 heteroatoms. The maximum absolute atomic E-state index is 4.41. The zero-order valence-corrected chi connectivity index (χ0v) is 12.2. The van der Waals surface area contributed by atoms with Crippen molar-refractivity contribution in [1.82, 2.24) is 4.90 Å². The minimum absolute atomic E-state index is 0.950. The highest BCUT2D eigenvalue weighted by atomic mass is 15.1. The summed E-state index contributed by atoms with van der Waals surface area (Å²) in [4.78, 5) is 6.55. The Kier molecular flexibility index (Phi) is 7.27. The second-order valence-electron chi connectivity index (χ2n) is 4.25. The van der Waals surface area contributed by atoms with Gasteiger partial charge in [0.25, 0.3) is 0 Å². The van der Waals surface area contributed by atoms with Crippen LogP contribution >= 0.6 is 0 Å². The predicted octanol–water partition coefficient (Wildman–Crippen LogP) is 4.17. The highest BCUT2D eigenvalue weighted by Crippen LogP contribution is 2.23. The van der Waals surface area contributed by atoms with Crippen molar-refractivity contribution in [2.75, 3.05) is 13.6 Å². The van der Waals surface area contributed by atoms with Crippen LogP contribution in [0.25, 0.3) is 0 Å². The molecule has 0 bridgehead atoms. The lowest BCUT2D eigenvalue weighted by atomic mass is 10.0. The number of rotatable bonds is 6. The molecule has 0 saturated heterocycles. The van der Waals surface area contributed by atoms with E-state index in [1.165, 1.54) is 5.57 Å². The van der Waals surface area contributed by atoms with Crippen LogP contribution in [0.15, 0.2) is 40.7 Å². The maximum atomic E-state index is 4.41. The van der Waals surface area contributed by atoms with Crippen molar-refractivity contribution < 1.29 is 0 Å². The molecule has 0 aromatic heterocycles. The molecule has 0 spiro atoms. The number of nitrogens with zero attached hydrogens (tertiary/aromatic N) is 2. The summed E-state index contributed by atoms with van der Waals surface area (Å²) in [7, 11) is 2.06. The van der Waals surface area contributed by atoms with Crippen LogP contribution in [-0.2, 0) is 0 Å². The van der Waals surface area contributed by atoms with Gasteiger partial charge in [0.2, 0.25) is 0 Å². The summed E-state index contributed by atoms with van der Waals surface area (Å²) in [6.45, 7) is 15.5. The Morgan fingerprint density at radius 3 is 2.24 bits per heavy atom. The van der Waals surface area contributed by atoms with Gasteiger partial charge in [0.1, 0.15) is 0 Å². The third-order valence-corrected chi connectivity index (χ3v) is 2.77. The van der Waals surface area contributed by atoms with E-state index < -0.39 is 0 Å². The SMILES string of the molecule is C=C(C(=C\N=C(C)C)/C(=C/C)CC)N(C)CC. The average Bonchev–Trinajstić information content (AvgIpc) is 2.32. The Balaban J connectivity index is 5.33. The van der Waals surface area contributed by atoms with Gasteiger partial charge in [0.05, 0.1) is 0 Å². The number of allylic oxidation sites excluding steroid dienone is 2. The first kappa shape index (κ1) is 15.7. The van der Waals surface area contributed by atoms with Gasteiger partial charge in [-0.15, -0.1) is 0 Å². The fraction of sp³-hybridized carbons (Fsp3) is 0.533. The Labute approximate surface area is 106 Å². The molecule has 0 amide bonds. The monoisotopic (exact) mass is 234 g/mol. The first-order valence-electron chi connectivity index (χ1n) is 6.24. The third kappa shape index (κ3) is 5.03. The molecular weight excluding hydrogens is 208 g/mol. The maximum Gasteiger partial charge on any atom is 0.0382 e. The lowest BCUT2D eigenvalue weighted by Crippen LogP contribution is -2.18. The zero-order chi connectivity index (χ0) is 13.4. The normalized spacial score (nSPS) is 12.4. The molecule has 0 heterocycles. The van der Waals surface area contributed by atoms with Crippen molar-refractivity contribution in [1.29, 1.82) is 0 Å². The van der Waals surface area contributed by atoms with Crippen molar-refractivity contribution in [3.8, 4) is 0 Å². The second kappa shape index (κ2) is 7.88. The molecule has 0 saturated carbocycles. The summed E-state index contributed by atoms with van der Waals surface area (Å²) >= 11 is 0. The Bertz CT molecular complexity index is 342. The van der Waals surface area contributed by atoms with Crippen LogP contribution in [0.5, 0.6) is 0 Å². The fourth-order valence-electron chi connectivity index (χ4n) is 1.48. The van der Waals surface area contributed by atoms with Gasteiger partial charge in [-0.3, -0.25) is 4.99 Å². The summed E-state index contributed by atoms with van der Waals surface area (Å²) in [5.74, 6) is 0. The van der Waals surface area contributed by atoms with Gasteiger partial charge in [-0.05, 0) is 39.7 Å². The van der Waals surface area contributed by atoms with E-state index in [0.29, 0.717) is 0 Å². The highest BCUT2D eigenvalue weighted by molar-refractivity contribution is 5.79. The minimum atomic E-state index is 0.950. The summed E-state index contributed by atoms with van der Waals surface area (Å²) in [6, 6.07) is 0. The summed E-state index contributed by atoms with van der Waals surface area (Å²) in [5.41, 5.74) is 4.52. The Morgan fingerprint density at radius 2 is 1.88 bits per heavy atom.